The Bertz CT molecular complexity index is 1070. The quantitative estimate of drug-likeness (QED) is 0.703. The number of likely N-dealkylation sites (tertiary alicyclic amines) is 2. The normalized spacial score (nSPS) is 19.9. The third kappa shape index (κ3) is 5.03. The van der Waals surface area contributed by atoms with Crippen molar-refractivity contribution in [1.82, 2.24) is 15.1 Å². The highest BCUT2D eigenvalue weighted by Gasteiger charge is 2.42. The van der Waals surface area contributed by atoms with Crippen molar-refractivity contribution in [2.45, 2.75) is 44.3 Å². The predicted molar refractivity (Wildman–Crippen MR) is 120 cm³/mol. The molecule has 0 radical (unpaired) electrons. The number of methoxy groups -OCH3 is 1. The fourth-order valence-electron chi connectivity index (χ4n) is 4.69. The lowest BCUT2D eigenvalue weighted by Crippen LogP contribution is -2.52. The topological polar surface area (TPSA) is 79.0 Å². The molecule has 0 saturated carbocycles. The summed E-state index contributed by atoms with van der Waals surface area (Å²) in [7, 11) is 1.57. The number of amides is 3. The number of nitrogens with one attached hydrogen (secondary N) is 1. The molecule has 4 rings (SSSR count). The van der Waals surface area contributed by atoms with Gasteiger partial charge in [-0.3, -0.25) is 14.4 Å². The Balaban J connectivity index is 1.43. The van der Waals surface area contributed by atoms with E-state index in [0.717, 1.165) is 17.7 Å². The van der Waals surface area contributed by atoms with E-state index in [4.69, 9.17) is 4.74 Å². The second-order valence-electron chi connectivity index (χ2n) is 8.57. The molecule has 0 aromatic heterocycles. The SMILES string of the molecule is COc1cccc(CNC(=O)[C@H]2CCCN2C(=O)[C@H]2CCCN2C(=O)c2cc(F)cc(F)c2)c1. The number of nitrogens with zero attached hydrogens (tertiary/aromatic N) is 2. The molecule has 1 N–H and O–H groups in total. The third-order valence-corrected chi connectivity index (χ3v) is 6.35. The van der Waals surface area contributed by atoms with Gasteiger partial charge in [0.15, 0.2) is 0 Å². The minimum atomic E-state index is -0.849. The van der Waals surface area contributed by atoms with Crippen molar-refractivity contribution in [3.63, 3.8) is 0 Å². The van der Waals surface area contributed by atoms with Gasteiger partial charge in [0.2, 0.25) is 11.8 Å². The summed E-state index contributed by atoms with van der Waals surface area (Å²) in [6.07, 6.45) is 2.25. The first-order valence-corrected chi connectivity index (χ1v) is 11.4. The molecule has 2 saturated heterocycles. The van der Waals surface area contributed by atoms with Crippen LogP contribution >= 0.6 is 0 Å². The van der Waals surface area contributed by atoms with Crippen LogP contribution < -0.4 is 10.1 Å². The molecule has 7 nitrogen and oxygen atoms in total. The number of halogens is 2. The van der Waals surface area contributed by atoms with Gasteiger partial charge in [-0.15, -0.1) is 0 Å². The zero-order valence-corrected chi connectivity index (χ0v) is 18.9. The number of hydrogen-bond acceptors (Lipinski definition) is 4. The third-order valence-electron chi connectivity index (χ3n) is 6.35. The van der Waals surface area contributed by atoms with Gasteiger partial charge in [0.05, 0.1) is 7.11 Å². The number of benzene rings is 2. The Morgan fingerprint density at radius 1 is 0.971 bits per heavy atom. The van der Waals surface area contributed by atoms with Gasteiger partial charge in [-0.05, 0) is 55.5 Å². The molecule has 2 aromatic rings. The van der Waals surface area contributed by atoms with Crippen LogP contribution in [0.15, 0.2) is 42.5 Å². The van der Waals surface area contributed by atoms with Gasteiger partial charge < -0.3 is 19.9 Å². The monoisotopic (exact) mass is 471 g/mol. The molecule has 2 aromatic carbocycles. The lowest BCUT2D eigenvalue weighted by Gasteiger charge is -2.31. The molecule has 0 aliphatic carbocycles. The second kappa shape index (κ2) is 10.2. The summed E-state index contributed by atoms with van der Waals surface area (Å²) in [6.45, 7) is 1.03. The number of rotatable bonds is 6. The van der Waals surface area contributed by atoms with Crippen molar-refractivity contribution in [1.29, 1.82) is 0 Å². The van der Waals surface area contributed by atoms with Gasteiger partial charge in [0.25, 0.3) is 5.91 Å². The fraction of sp³-hybridized carbons (Fsp3) is 0.400. The number of ether oxygens (including phenoxy) is 1. The van der Waals surface area contributed by atoms with Crippen LogP contribution in [0.2, 0.25) is 0 Å². The number of carbonyl (C=O) groups excluding carboxylic acids is 3. The molecule has 9 heteroatoms. The smallest absolute Gasteiger partial charge is 0.254 e. The summed E-state index contributed by atoms with van der Waals surface area (Å²) >= 11 is 0. The first-order chi connectivity index (χ1) is 16.4. The molecule has 2 aliphatic rings. The maximum atomic E-state index is 13.6. The van der Waals surface area contributed by atoms with Gasteiger partial charge >= 0.3 is 0 Å². The van der Waals surface area contributed by atoms with Crippen LogP contribution in [0.4, 0.5) is 8.78 Å². The largest absolute Gasteiger partial charge is 0.497 e. The van der Waals surface area contributed by atoms with Crippen molar-refractivity contribution in [3.05, 3.63) is 65.2 Å². The van der Waals surface area contributed by atoms with Crippen LogP contribution in [0.5, 0.6) is 5.75 Å². The summed E-state index contributed by atoms with van der Waals surface area (Å²) < 4.78 is 32.4. The lowest BCUT2D eigenvalue weighted by molar-refractivity contribution is -0.141. The summed E-state index contributed by atoms with van der Waals surface area (Å²) in [5, 5.41) is 2.89. The van der Waals surface area contributed by atoms with Gasteiger partial charge in [0.1, 0.15) is 29.5 Å². The van der Waals surface area contributed by atoms with E-state index in [1.807, 2.05) is 24.3 Å². The molecule has 2 heterocycles. The molecule has 2 atom stereocenters. The van der Waals surface area contributed by atoms with E-state index < -0.39 is 29.6 Å². The van der Waals surface area contributed by atoms with Crippen molar-refractivity contribution < 1.29 is 27.9 Å². The zero-order chi connectivity index (χ0) is 24.2. The lowest BCUT2D eigenvalue weighted by atomic mass is 10.1. The predicted octanol–water partition coefficient (Wildman–Crippen LogP) is 2.89. The van der Waals surface area contributed by atoms with Gasteiger partial charge in [0, 0.05) is 31.3 Å². The summed E-state index contributed by atoms with van der Waals surface area (Å²) in [5.74, 6) is -2.16. The Morgan fingerprint density at radius 3 is 2.35 bits per heavy atom. The molecule has 2 aliphatic heterocycles. The molecule has 0 unspecified atom stereocenters. The summed E-state index contributed by atoms with van der Waals surface area (Å²) in [4.78, 5) is 42.1. The van der Waals surface area contributed by atoms with Crippen molar-refractivity contribution in [2.75, 3.05) is 20.2 Å². The van der Waals surface area contributed by atoms with Crippen LogP contribution in [0, 0.1) is 11.6 Å². The standard InChI is InChI=1S/C25H27F2N3O4/c1-34-20-6-2-5-16(11-20)15-28-23(31)21-7-3-9-29(21)25(33)22-8-4-10-30(22)24(32)17-12-18(26)14-19(27)13-17/h2,5-6,11-14,21-22H,3-4,7-10,15H2,1H3,(H,28,31)/t21-,22-/m1/s1. The second-order valence-corrected chi connectivity index (χ2v) is 8.57. The Hall–Kier alpha value is -3.49. The molecular formula is C25H27F2N3O4. The molecular weight excluding hydrogens is 444 g/mol. The Labute approximate surface area is 196 Å². The molecule has 2 fully saturated rings. The Kier molecular flexibility index (Phi) is 7.09. The van der Waals surface area contributed by atoms with Gasteiger partial charge in [-0.1, -0.05) is 12.1 Å². The van der Waals surface area contributed by atoms with E-state index in [-0.39, 0.29) is 17.4 Å². The highest BCUT2D eigenvalue weighted by molar-refractivity contribution is 5.99. The zero-order valence-electron chi connectivity index (χ0n) is 18.9. The molecule has 180 valence electrons. The summed E-state index contributed by atoms with van der Waals surface area (Å²) in [5.41, 5.74) is 0.740. The maximum Gasteiger partial charge on any atom is 0.254 e. The average Bonchev–Trinajstić information content (AvgIpc) is 3.51. The van der Waals surface area contributed by atoms with E-state index >= 15 is 0 Å². The maximum absolute atomic E-state index is 13.6. The van der Waals surface area contributed by atoms with E-state index in [2.05, 4.69) is 5.32 Å². The highest BCUT2D eigenvalue weighted by Crippen LogP contribution is 2.27. The van der Waals surface area contributed by atoms with Crippen molar-refractivity contribution >= 4 is 17.7 Å². The molecule has 0 bridgehead atoms. The molecule has 34 heavy (non-hydrogen) atoms. The van der Waals surface area contributed by atoms with Crippen LogP contribution in [0.1, 0.15) is 41.6 Å². The summed E-state index contributed by atoms with van der Waals surface area (Å²) in [6, 6.07) is 8.60. The minimum Gasteiger partial charge on any atom is -0.497 e. The van der Waals surface area contributed by atoms with E-state index in [0.29, 0.717) is 57.1 Å². The minimum absolute atomic E-state index is 0.133. The first-order valence-electron chi connectivity index (χ1n) is 11.4. The molecule has 0 spiro atoms. The van der Waals surface area contributed by atoms with Gasteiger partial charge in [-0.2, -0.15) is 0 Å². The molecule has 3 amide bonds. The van der Waals surface area contributed by atoms with Gasteiger partial charge in [-0.25, -0.2) is 8.78 Å². The number of hydrogen-bond donors (Lipinski definition) is 1. The van der Waals surface area contributed by atoms with Crippen molar-refractivity contribution in [3.8, 4) is 5.75 Å². The van der Waals surface area contributed by atoms with Crippen LogP contribution in [0.25, 0.3) is 0 Å². The van der Waals surface area contributed by atoms with E-state index in [1.165, 1.54) is 9.80 Å². The average molecular weight is 472 g/mol. The van der Waals surface area contributed by atoms with E-state index in [1.54, 1.807) is 7.11 Å². The van der Waals surface area contributed by atoms with Crippen molar-refractivity contribution in [2.24, 2.45) is 0 Å². The highest BCUT2D eigenvalue weighted by atomic mass is 19.1. The van der Waals surface area contributed by atoms with E-state index in [9.17, 15) is 23.2 Å². The first kappa shape index (κ1) is 23.7. The van der Waals surface area contributed by atoms with Crippen LogP contribution in [-0.4, -0.2) is 59.8 Å². The fourth-order valence-corrected chi connectivity index (χ4v) is 4.69. The van der Waals surface area contributed by atoms with Crippen LogP contribution in [0.3, 0.4) is 0 Å². The van der Waals surface area contributed by atoms with Crippen LogP contribution in [-0.2, 0) is 16.1 Å². The number of carbonyl (C=O) groups is 3. The Morgan fingerprint density at radius 2 is 1.65 bits per heavy atom.